The van der Waals surface area contributed by atoms with E-state index in [9.17, 15) is 0 Å². The van der Waals surface area contributed by atoms with Crippen LogP contribution in [0.15, 0.2) is 54.6 Å². The van der Waals surface area contributed by atoms with Crippen LogP contribution in [0.1, 0.15) is 27.7 Å². The van der Waals surface area contributed by atoms with Crippen LogP contribution in [0.2, 0.25) is 26.2 Å². The molecule has 0 aliphatic rings. The van der Waals surface area contributed by atoms with Gasteiger partial charge in [-0.05, 0) is 33.1 Å². The van der Waals surface area contributed by atoms with Gasteiger partial charge < -0.3 is 14.3 Å². The van der Waals surface area contributed by atoms with Gasteiger partial charge in [0.25, 0.3) is 0 Å². The number of rotatable bonds is 4. The van der Waals surface area contributed by atoms with Gasteiger partial charge in [0.1, 0.15) is 0 Å². The first-order valence-corrected chi connectivity index (χ1v) is 19.7. The first kappa shape index (κ1) is 30.9. The van der Waals surface area contributed by atoms with E-state index in [1.807, 2.05) is 34.2 Å². The Morgan fingerprint density at radius 1 is 0.968 bits per heavy atom. The van der Waals surface area contributed by atoms with Crippen molar-refractivity contribution in [1.29, 1.82) is 0 Å². The maximum Gasteiger partial charge on any atom is -0.0771 e. The van der Waals surface area contributed by atoms with Crippen molar-refractivity contribution >= 4 is 57.8 Å². The summed E-state index contributed by atoms with van der Waals surface area (Å²) in [6.45, 7) is 16.9. The average molecular weight is 533 g/mol. The fourth-order valence-electron chi connectivity index (χ4n) is 2.57. The van der Waals surface area contributed by atoms with Crippen molar-refractivity contribution in [2.75, 3.05) is 6.61 Å². The molecule has 173 valence electrons. The summed E-state index contributed by atoms with van der Waals surface area (Å²) in [5.74, 6) is 0. The number of benzene rings is 2. The van der Waals surface area contributed by atoms with E-state index in [1.165, 1.54) is 21.5 Å². The van der Waals surface area contributed by atoms with Gasteiger partial charge in [-0.1, -0.05) is 57.2 Å². The molecule has 0 saturated heterocycles. The van der Waals surface area contributed by atoms with Gasteiger partial charge in [0.2, 0.25) is 0 Å². The Kier molecular flexibility index (Phi) is 15.7. The van der Waals surface area contributed by atoms with Crippen molar-refractivity contribution in [3.8, 4) is 0 Å². The molecule has 1 N–H and O–H groups in total. The Bertz CT molecular complexity index is 808. The number of nitrogens with one attached hydrogen (secondary N) is 1. The van der Waals surface area contributed by atoms with Crippen LogP contribution in [0.25, 0.3) is 27.3 Å². The molecule has 3 aromatic rings. The van der Waals surface area contributed by atoms with Crippen LogP contribution >= 0.6 is 18.6 Å². The molecule has 3 rings (SSSR count). The Labute approximate surface area is 208 Å². The Hall–Kier alpha value is -0.0819. The molecule has 31 heavy (non-hydrogen) atoms. The van der Waals surface area contributed by atoms with Gasteiger partial charge in [0.15, 0.2) is 8.32 Å². The summed E-state index contributed by atoms with van der Waals surface area (Å²) < 4.78 is 11.0. The van der Waals surface area contributed by atoms with E-state index in [4.69, 9.17) is 32.9 Å². The molecule has 0 atom stereocenters. The zero-order chi connectivity index (χ0) is 24.1. The summed E-state index contributed by atoms with van der Waals surface area (Å²) in [5, 5.41) is 5.39. The average Bonchev–Trinajstić information content (AvgIpc) is 2.99. The monoisotopic (exact) mass is 532 g/mol. The minimum Gasteiger partial charge on any atom is -0.126 e. The second kappa shape index (κ2) is 15.7. The van der Waals surface area contributed by atoms with Crippen LogP contribution in [0.5, 0.6) is 0 Å². The molecule has 0 aliphatic heterocycles. The molecular weight excluding hydrogens is 497 g/mol. The minimum atomic E-state index is -1.34. The summed E-state index contributed by atoms with van der Waals surface area (Å²) in [6, 6.07) is 19.3. The number of fused-ring (bicyclic) bond motifs is 3. The molecule has 0 fully saturated rings. The van der Waals surface area contributed by atoms with Gasteiger partial charge >= 0.3 is 44.9 Å². The van der Waals surface area contributed by atoms with Gasteiger partial charge in [-0.2, -0.15) is 0 Å². The Balaban J connectivity index is 0.000000446. The van der Waals surface area contributed by atoms with E-state index in [0.29, 0.717) is 0 Å². The van der Waals surface area contributed by atoms with Crippen LogP contribution in [0.4, 0.5) is 0 Å². The molecule has 0 aromatic heterocycles. The second-order valence-electron chi connectivity index (χ2n) is 8.78. The Morgan fingerprint density at radius 2 is 1.32 bits per heavy atom. The summed E-state index contributed by atoms with van der Waals surface area (Å²) in [5.41, 5.74) is 6.69. The van der Waals surface area contributed by atoms with Gasteiger partial charge in [0.05, 0.1) is 0 Å². The van der Waals surface area contributed by atoms with Crippen LogP contribution in [0, 0.1) is 0 Å². The molecule has 0 spiro atoms. The van der Waals surface area contributed by atoms with Gasteiger partial charge in [0, 0.05) is 6.61 Å². The third kappa shape index (κ3) is 16.2. The topological polar surface area (TPSA) is 42.3 Å². The first-order valence-electron chi connectivity index (χ1n) is 10.2. The fourth-order valence-corrected chi connectivity index (χ4v) is 6.66. The van der Waals surface area contributed by atoms with E-state index in [0.717, 1.165) is 6.61 Å². The number of hydrogen-bond acceptors (Lipinski definition) is 2. The van der Waals surface area contributed by atoms with Crippen molar-refractivity contribution in [3.63, 3.8) is 0 Å². The summed E-state index contributed by atoms with van der Waals surface area (Å²) >= 11 is -0.556. The number of hydrogen-bond donors (Lipinski definition) is 0. The van der Waals surface area contributed by atoms with Crippen LogP contribution in [-0.4, -0.2) is 29.7 Å². The number of halogens is 2. The molecule has 8 heteroatoms. The molecule has 0 bridgehead atoms. The molecule has 0 saturated carbocycles. The largest absolute Gasteiger partial charge is 0.126 e. The van der Waals surface area contributed by atoms with Crippen molar-refractivity contribution in [3.05, 3.63) is 60.3 Å². The van der Waals surface area contributed by atoms with Gasteiger partial charge in [-0.3, -0.25) is 0 Å². The normalized spacial score (nSPS) is 11.1. The Morgan fingerprint density at radius 3 is 1.65 bits per heavy atom. The van der Waals surface area contributed by atoms with E-state index >= 15 is 0 Å². The van der Waals surface area contributed by atoms with E-state index < -0.39 is 34.6 Å². The second-order valence-corrected chi connectivity index (χ2v) is 17.7. The van der Waals surface area contributed by atoms with Crippen molar-refractivity contribution in [2.45, 2.75) is 59.4 Å². The maximum atomic E-state index is 6.94. The molecule has 3 aromatic carbocycles. The van der Waals surface area contributed by atoms with Crippen molar-refractivity contribution in [1.82, 2.24) is 0 Å². The van der Waals surface area contributed by atoms with E-state index in [2.05, 4.69) is 74.2 Å². The summed E-state index contributed by atoms with van der Waals surface area (Å²) in [4.78, 5) is 0. The van der Waals surface area contributed by atoms with E-state index in [1.54, 1.807) is 0 Å². The first-order chi connectivity index (χ1) is 14.3. The quantitative estimate of drug-likeness (QED) is 0.248. The fraction of sp³-hybridized carbons (Fsp3) is 0.435. The molecule has 0 aliphatic carbocycles. The van der Waals surface area contributed by atoms with Crippen LogP contribution < -0.4 is 0 Å². The molecular formula is C23H36Cl2NO2Si2Ti-2. The third-order valence-corrected chi connectivity index (χ3v) is 7.61. The smallest absolute Gasteiger partial charge is 0.0771 e. The summed E-state index contributed by atoms with van der Waals surface area (Å²) in [6.07, 6.45) is 0. The maximum absolute atomic E-state index is 6.94. The minimum absolute atomic E-state index is 0.250. The van der Waals surface area contributed by atoms with Crippen LogP contribution in [-0.2, 0) is 25.6 Å². The molecule has 0 unspecified atom stereocenters. The third-order valence-electron chi connectivity index (χ3n) is 3.32. The van der Waals surface area contributed by atoms with Gasteiger partial charge in [-0.15, -0.1) is 45.3 Å². The van der Waals surface area contributed by atoms with E-state index in [-0.39, 0.29) is 5.54 Å². The molecule has 0 amide bonds. The van der Waals surface area contributed by atoms with Gasteiger partial charge in [-0.25, -0.2) is 0 Å². The zero-order valence-corrected chi connectivity index (χ0v) is 25.0. The van der Waals surface area contributed by atoms with Crippen LogP contribution in [0.3, 0.4) is 0 Å². The molecule has 1 radical (unpaired) electrons. The summed E-state index contributed by atoms with van der Waals surface area (Å²) in [7, 11) is 7.50. The van der Waals surface area contributed by atoms with Crippen molar-refractivity contribution < 1.29 is 25.6 Å². The predicted molar refractivity (Wildman–Crippen MR) is 141 cm³/mol. The standard InChI is InChI=1S/C13H9.C6H17O2Si2.C4H10N.2ClH.Ti/c1-3-7-12-10(5-1)9-11-6-2-4-8-13(11)12;1-6-7-9(2)8-10(3,4)5;1-4(2,3)5;;;/h1-9H;6H2,1-5H3;5H,1-3H3;2*1H;/q-1;;-1;;;+2/p-2. The van der Waals surface area contributed by atoms with Crippen molar-refractivity contribution in [2.24, 2.45) is 0 Å². The SMILES string of the molecule is CC(C)(C)[NH-].CCO[Si](C)O[Si](C)(C)C.[Cl][Ti][Cl].c1ccc2c(c1)[cH-]c1ccccc12. The molecule has 0 heterocycles. The predicted octanol–water partition coefficient (Wildman–Crippen LogP) is 8.92. The molecule has 3 nitrogen and oxygen atoms in total. The zero-order valence-electron chi connectivity index (χ0n) is 20.0.